The van der Waals surface area contributed by atoms with Crippen molar-refractivity contribution in [3.8, 4) is 0 Å². The van der Waals surface area contributed by atoms with E-state index in [0.717, 1.165) is 24.1 Å². The molecule has 0 atom stereocenters. The maximum atomic E-state index is 12.7. The van der Waals surface area contributed by atoms with Crippen LogP contribution in [0, 0.1) is 0 Å². The summed E-state index contributed by atoms with van der Waals surface area (Å²) in [5, 5.41) is 4.89. The SMILES string of the molecule is CCN(CC(=O)NCc1cccs1)c1ccc(S(=O)(=O)N2CCCCC2)c[nH+]1. The van der Waals surface area contributed by atoms with Gasteiger partial charge in [-0.05, 0) is 37.3 Å². The molecule has 2 aromatic rings. The zero-order valence-electron chi connectivity index (χ0n) is 16.1. The molecule has 1 aliphatic rings. The summed E-state index contributed by atoms with van der Waals surface area (Å²) >= 11 is 1.61. The molecule has 3 rings (SSSR count). The quantitative estimate of drug-likeness (QED) is 0.703. The summed E-state index contributed by atoms with van der Waals surface area (Å²) < 4.78 is 27.0. The zero-order chi connectivity index (χ0) is 20.0. The molecule has 7 nitrogen and oxygen atoms in total. The lowest BCUT2D eigenvalue weighted by Crippen LogP contribution is -2.39. The Labute approximate surface area is 170 Å². The van der Waals surface area contributed by atoms with E-state index in [-0.39, 0.29) is 17.3 Å². The van der Waals surface area contributed by atoms with E-state index in [1.807, 2.05) is 29.3 Å². The third kappa shape index (κ3) is 5.09. The van der Waals surface area contributed by atoms with Crippen LogP contribution in [0.1, 0.15) is 31.1 Å². The summed E-state index contributed by atoms with van der Waals surface area (Å²) in [6.45, 7) is 4.46. The molecule has 28 heavy (non-hydrogen) atoms. The third-order valence-corrected chi connectivity index (χ3v) is 7.59. The van der Waals surface area contributed by atoms with Gasteiger partial charge in [-0.15, -0.1) is 11.3 Å². The van der Waals surface area contributed by atoms with Gasteiger partial charge in [0.2, 0.25) is 10.0 Å². The summed E-state index contributed by atoms with van der Waals surface area (Å²) in [6, 6.07) is 7.28. The Balaban J connectivity index is 1.62. The van der Waals surface area contributed by atoms with Crippen molar-refractivity contribution in [1.82, 2.24) is 9.62 Å². The number of nitrogens with one attached hydrogen (secondary N) is 2. The number of pyridine rings is 1. The van der Waals surface area contributed by atoms with Crippen LogP contribution in [0.25, 0.3) is 0 Å². The molecule has 0 saturated carbocycles. The van der Waals surface area contributed by atoms with Crippen molar-refractivity contribution in [1.29, 1.82) is 0 Å². The first kappa shape index (κ1) is 20.8. The van der Waals surface area contributed by atoms with Crippen LogP contribution in [0.15, 0.2) is 40.7 Å². The molecule has 1 aliphatic heterocycles. The Kier molecular flexibility index (Phi) is 7.03. The molecule has 152 valence electrons. The zero-order valence-corrected chi connectivity index (χ0v) is 17.7. The molecule has 0 bridgehead atoms. The standard InChI is InChI=1S/C19H26N4O3S2/c1-2-22(15-19(24)21-13-16-7-6-12-27-16)18-9-8-17(14-20-18)28(25,26)23-10-4-3-5-11-23/h6-9,12,14H,2-5,10-11,13,15H2,1H3,(H,21,24)/p+1. The average Bonchev–Trinajstić information content (AvgIpc) is 3.25. The number of hydrogen-bond acceptors (Lipinski definition) is 5. The van der Waals surface area contributed by atoms with Crippen LogP contribution in [0.4, 0.5) is 5.82 Å². The molecule has 2 aromatic heterocycles. The predicted octanol–water partition coefficient (Wildman–Crippen LogP) is 1.88. The van der Waals surface area contributed by atoms with Crippen molar-refractivity contribution >= 4 is 33.1 Å². The van der Waals surface area contributed by atoms with E-state index in [4.69, 9.17) is 0 Å². The lowest BCUT2D eigenvalue weighted by molar-refractivity contribution is -0.367. The van der Waals surface area contributed by atoms with Gasteiger partial charge in [-0.1, -0.05) is 12.5 Å². The van der Waals surface area contributed by atoms with Crippen LogP contribution < -0.4 is 15.2 Å². The number of H-pyrrole nitrogens is 1. The van der Waals surface area contributed by atoms with E-state index in [9.17, 15) is 13.2 Å². The molecular formula is C19H27N4O3S2+. The van der Waals surface area contributed by atoms with Gasteiger partial charge in [0.25, 0.3) is 11.7 Å². The molecule has 9 heteroatoms. The van der Waals surface area contributed by atoms with Gasteiger partial charge < -0.3 is 5.32 Å². The fraction of sp³-hybridized carbons (Fsp3) is 0.474. The van der Waals surface area contributed by atoms with Gasteiger partial charge >= 0.3 is 0 Å². The maximum Gasteiger partial charge on any atom is 0.274 e. The molecule has 0 spiro atoms. The highest BCUT2D eigenvalue weighted by atomic mass is 32.2. The molecule has 1 saturated heterocycles. The van der Waals surface area contributed by atoms with Gasteiger partial charge in [-0.3, -0.25) is 9.69 Å². The fourth-order valence-corrected chi connectivity index (χ4v) is 5.34. The van der Waals surface area contributed by atoms with Crippen molar-refractivity contribution in [3.05, 3.63) is 40.7 Å². The van der Waals surface area contributed by atoms with E-state index in [2.05, 4.69) is 10.3 Å². The van der Waals surface area contributed by atoms with E-state index in [1.54, 1.807) is 27.8 Å². The van der Waals surface area contributed by atoms with Crippen molar-refractivity contribution in [2.24, 2.45) is 0 Å². The first-order chi connectivity index (χ1) is 13.5. The van der Waals surface area contributed by atoms with Crippen molar-refractivity contribution in [3.63, 3.8) is 0 Å². The Morgan fingerprint density at radius 3 is 2.64 bits per heavy atom. The highest BCUT2D eigenvalue weighted by Gasteiger charge is 2.27. The summed E-state index contributed by atoms with van der Waals surface area (Å²) in [5.41, 5.74) is 0. The summed E-state index contributed by atoms with van der Waals surface area (Å²) in [5.74, 6) is 0.639. The number of piperidine rings is 1. The average molecular weight is 424 g/mol. The van der Waals surface area contributed by atoms with Gasteiger partial charge in [0, 0.05) is 24.0 Å². The van der Waals surface area contributed by atoms with Crippen molar-refractivity contribution < 1.29 is 18.2 Å². The lowest BCUT2D eigenvalue weighted by Gasteiger charge is -2.25. The van der Waals surface area contributed by atoms with E-state index in [0.29, 0.717) is 32.0 Å². The van der Waals surface area contributed by atoms with Gasteiger partial charge in [0.1, 0.15) is 11.1 Å². The maximum absolute atomic E-state index is 12.7. The number of aromatic nitrogens is 1. The number of nitrogens with zero attached hydrogens (tertiary/aromatic N) is 2. The Morgan fingerprint density at radius 1 is 1.25 bits per heavy atom. The molecule has 1 fully saturated rings. The first-order valence-electron chi connectivity index (χ1n) is 9.56. The molecule has 0 aliphatic carbocycles. The largest absolute Gasteiger partial charge is 0.348 e. The van der Waals surface area contributed by atoms with Crippen LogP contribution in [0.2, 0.25) is 0 Å². The van der Waals surface area contributed by atoms with Crippen molar-refractivity contribution in [2.45, 2.75) is 37.6 Å². The number of rotatable bonds is 8. The number of anilines is 1. The Hall–Kier alpha value is -1.97. The number of hydrogen-bond donors (Lipinski definition) is 1. The van der Waals surface area contributed by atoms with Crippen LogP contribution in [0.5, 0.6) is 0 Å². The summed E-state index contributed by atoms with van der Waals surface area (Å²) in [7, 11) is -3.46. The van der Waals surface area contributed by atoms with Gasteiger partial charge in [0.15, 0.2) is 6.54 Å². The minimum absolute atomic E-state index is 0.0753. The first-order valence-corrected chi connectivity index (χ1v) is 11.9. The Bertz CT molecular complexity index is 861. The number of amides is 1. The number of aromatic amines is 1. The van der Waals surface area contributed by atoms with Gasteiger partial charge in [-0.25, -0.2) is 13.4 Å². The molecule has 1 amide bonds. The molecule has 0 radical (unpaired) electrons. The number of thiophene rings is 1. The highest BCUT2D eigenvalue weighted by Crippen LogP contribution is 2.20. The van der Waals surface area contributed by atoms with Crippen LogP contribution in [-0.2, 0) is 21.4 Å². The van der Waals surface area contributed by atoms with Crippen LogP contribution in [-0.4, -0.2) is 44.8 Å². The minimum Gasteiger partial charge on any atom is -0.348 e. The summed E-state index contributed by atoms with van der Waals surface area (Å²) in [4.78, 5) is 18.5. The molecular weight excluding hydrogens is 396 g/mol. The van der Waals surface area contributed by atoms with E-state index < -0.39 is 10.0 Å². The lowest BCUT2D eigenvalue weighted by atomic mass is 10.2. The molecule has 3 heterocycles. The van der Waals surface area contributed by atoms with Gasteiger partial charge in [0.05, 0.1) is 13.1 Å². The monoisotopic (exact) mass is 423 g/mol. The normalized spacial score (nSPS) is 15.3. The number of carbonyl (C=O) groups is 1. The second kappa shape index (κ2) is 9.49. The third-order valence-electron chi connectivity index (χ3n) is 4.82. The Morgan fingerprint density at radius 2 is 2.04 bits per heavy atom. The van der Waals surface area contributed by atoms with Crippen LogP contribution >= 0.6 is 11.3 Å². The van der Waals surface area contributed by atoms with Gasteiger partial charge in [-0.2, -0.15) is 4.31 Å². The highest BCUT2D eigenvalue weighted by molar-refractivity contribution is 7.89. The second-order valence-corrected chi connectivity index (χ2v) is 9.71. The number of carbonyl (C=O) groups excluding carboxylic acids is 1. The molecule has 0 aromatic carbocycles. The smallest absolute Gasteiger partial charge is 0.274 e. The predicted molar refractivity (Wildman–Crippen MR) is 110 cm³/mol. The topological polar surface area (TPSA) is 83.9 Å². The number of likely N-dealkylation sites (N-methyl/N-ethyl adjacent to an activating group) is 1. The molecule has 0 unspecified atom stereocenters. The summed E-state index contributed by atoms with van der Waals surface area (Å²) in [6.07, 6.45) is 4.42. The second-order valence-electron chi connectivity index (χ2n) is 6.74. The van der Waals surface area contributed by atoms with Crippen LogP contribution in [0.3, 0.4) is 0 Å². The fourth-order valence-electron chi connectivity index (χ4n) is 3.21. The molecule has 2 N–H and O–H groups in total. The van der Waals surface area contributed by atoms with E-state index in [1.165, 1.54) is 6.20 Å². The minimum atomic E-state index is -3.46. The van der Waals surface area contributed by atoms with E-state index >= 15 is 0 Å². The van der Waals surface area contributed by atoms with Crippen molar-refractivity contribution in [2.75, 3.05) is 31.1 Å². The number of sulfonamides is 1.